The van der Waals surface area contributed by atoms with Gasteiger partial charge in [0.2, 0.25) is 0 Å². The third kappa shape index (κ3) is 2.96. The molecule has 1 N–H and O–H groups in total. The van der Waals surface area contributed by atoms with Gasteiger partial charge in [0.15, 0.2) is 0 Å². The van der Waals surface area contributed by atoms with Gasteiger partial charge in [-0.1, -0.05) is 33.6 Å². The van der Waals surface area contributed by atoms with Crippen molar-refractivity contribution in [3.8, 4) is 5.75 Å². The van der Waals surface area contributed by atoms with Gasteiger partial charge in [0, 0.05) is 4.47 Å². The lowest BCUT2D eigenvalue weighted by Crippen LogP contribution is -1.76. The molecule has 0 atom stereocenters. The van der Waals surface area contributed by atoms with Crippen LogP contribution in [-0.2, 0) is 0 Å². The summed E-state index contributed by atoms with van der Waals surface area (Å²) in [6.45, 7) is 4.02. The molecule has 2 aromatic rings. The maximum atomic E-state index is 9.65. The molecular formula is C14H13BrN2O. The minimum absolute atomic E-state index is 0.117. The van der Waals surface area contributed by atoms with E-state index in [-0.39, 0.29) is 5.75 Å². The van der Waals surface area contributed by atoms with Crippen molar-refractivity contribution in [2.45, 2.75) is 13.8 Å². The van der Waals surface area contributed by atoms with Gasteiger partial charge in [-0.15, -0.1) is 5.11 Å². The predicted octanol–water partition coefficient (Wildman–Crippen LogP) is 5.19. The zero-order chi connectivity index (χ0) is 13.1. The Morgan fingerprint density at radius 2 is 1.67 bits per heavy atom. The van der Waals surface area contributed by atoms with E-state index in [2.05, 4.69) is 32.2 Å². The smallest absolute Gasteiger partial charge is 0.143 e. The van der Waals surface area contributed by atoms with Gasteiger partial charge in [-0.05, 0) is 43.7 Å². The van der Waals surface area contributed by atoms with Crippen LogP contribution in [0.2, 0.25) is 0 Å². The van der Waals surface area contributed by atoms with Crippen LogP contribution < -0.4 is 0 Å². The van der Waals surface area contributed by atoms with Gasteiger partial charge < -0.3 is 5.11 Å². The van der Waals surface area contributed by atoms with E-state index in [0.717, 1.165) is 15.7 Å². The normalized spacial score (nSPS) is 11.1. The van der Waals surface area contributed by atoms with Crippen molar-refractivity contribution in [1.82, 2.24) is 0 Å². The van der Waals surface area contributed by atoms with E-state index in [9.17, 15) is 5.11 Å². The number of rotatable bonds is 2. The molecule has 0 fully saturated rings. The van der Waals surface area contributed by atoms with Crippen LogP contribution in [0.1, 0.15) is 11.1 Å². The van der Waals surface area contributed by atoms with Crippen LogP contribution in [0.3, 0.4) is 0 Å². The lowest BCUT2D eigenvalue weighted by Gasteiger charge is -2.01. The number of aromatic hydroxyl groups is 1. The Hall–Kier alpha value is -1.68. The van der Waals surface area contributed by atoms with Crippen molar-refractivity contribution >= 4 is 27.3 Å². The molecule has 0 aromatic heterocycles. The SMILES string of the molecule is Cc1ccc(N=Nc2cc(Br)ccc2O)c(C)c1. The van der Waals surface area contributed by atoms with Gasteiger partial charge in [-0.2, -0.15) is 5.11 Å². The third-order valence-electron chi connectivity index (χ3n) is 2.56. The summed E-state index contributed by atoms with van der Waals surface area (Å²) in [6, 6.07) is 11.0. The highest BCUT2D eigenvalue weighted by molar-refractivity contribution is 9.10. The van der Waals surface area contributed by atoms with Crippen molar-refractivity contribution in [3.05, 3.63) is 52.0 Å². The fourth-order valence-electron chi connectivity index (χ4n) is 1.60. The van der Waals surface area contributed by atoms with Crippen LogP contribution >= 0.6 is 15.9 Å². The number of phenolic OH excluding ortho intramolecular Hbond substituents is 1. The zero-order valence-corrected chi connectivity index (χ0v) is 11.8. The number of azo groups is 1. The summed E-state index contributed by atoms with van der Waals surface area (Å²) in [7, 11) is 0. The fourth-order valence-corrected chi connectivity index (χ4v) is 1.95. The second-order valence-corrected chi connectivity index (χ2v) is 5.04. The Balaban J connectivity index is 2.32. The number of aryl methyl sites for hydroxylation is 2. The Bertz CT molecular complexity index is 609. The molecule has 18 heavy (non-hydrogen) atoms. The van der Waals surface area contributed by atoms with Gasteiger partial charge in [-0.3, -0.25) is 0 Å². The Morgan fingerprint density at radius 3 is 2.39 bits per heavy atom. The van der Waals surface area contributed by atoms with Crippen LogP contribution in [0.5, 0.6) is 5.75 Å². The molecule has 0 spiro atoms. The lowest BCUT2D eigenvalue weighted by molar-refractivity contribution is 0.476. The molecule has 3 nitrogen and oxygen atoms in total. The van der Waals surface area contributed by atoms with E-state index < -0.39 is 0 Å². The summed E-state index contributed by atoms with van der Waals surface area (Å²) in [5, 5.41) is 17.9. The molecule has 4 heteroatoms. The first-order valence-corrected chi connectivity index (χ1v) is 6.33. The Labute approximate surface area is 114 Å². The average Bonchev–Trinajstić information content (AvgIpc) is 2.32. The molecule has 2 rings (SSSR count). The molecule has 0 saturated carbocycles. The van der Waals surface area contributed by atoms with Crippen LogP contribution in [0.15, 0.2) is 51.1 Å². The predicted molar refractivity (Wildman–Crippen MR) is 75.9 cm³/mol. The fraction of sp³-hybridized carbons (Fsp3) is 0.143. The molecule has 0 aliphatic rings. The van der Waals surface area contributed by atoms with E-state index >= 15 is 0 Å². The van der Waals surface area contributed by atoms with Crippen LogP contribution in [-0.4, -0.2) is 5.11 Å². The van der Waals surface area contributed by atoms with Gasteiger partial charge in [0.1, 0.15) is 11.4 Å². The van der Waals surface area contributed by atoms with E-state index in [1.54, 1.807) is 18.2 Å². The second-order valence-electron chi connectivity index (χ2n) is 4.12. The summed E-state index contributed by atoms with van der Waals surface area (Å²) < 4.78 is 0.856. The van der Waals surface area contributed by atoms with Gasteiger partial charge in [0.05, 0.1) is 5.69 Å². The minimum Gasteiger partial charge on any atom is -0.506 e. The molecular weight excluding hydrogens is 292 g/mol. The van der Waals surface area contributed by atoms with E-state index in [1.807, 2.05) is 26.0 Å². The first-order valence-electron chi connectivity index (χ1n) is 5.54. The van der Waals surface area contributed by atoms with Crippen LogP contribution in [0, 0.1) is 13.8 Å². The minimum atomic E-state index is 0.117. The van der Waals surface area contributed by atoms with E-state index in [4.69, 9.17) is 0 Å². The van der Waals surface area contributed by atoms with Gasteiger partial charge in [-0.25, -0.2) is 0 Å². The molecule has 0 heterocycles. The van der Waals surface area contributed by atoms with Gasteiger partial charge in [0.25, 0.3) is 0 Å². The molecule has 2 aromatic carbocycles. The van der Waals surface area contributed by atoms with E-state index in [0.29, 0.717) is 5.69 Å². The zero-order valence-electron chi connectivity index (χ0n) is 10.2. The summed E-state index contributed by atoms with van der Waals surface area (Å²) >= 11 is 3.33. The first kappa shape index (κ1) is 12.8. The number of hydrogen-bond acceptors (Lipinski definition) is 3. The highest BCUT2D eigenvalue weighted by Crippen LogP contribution is 2.31. The van der Waals surface area contributed by atoms with E-state index in [1.165, 1.54) is 5.56 Å². The molecule has 0 radical (unpaired) electrons. The highest BCUT2D eigenvalue weighted by atomic mass is 79.9. The van der Waals surface area contributed by atoms with Crippen LogP contribution in [0.25, 0.3) is 0 Å². The molecule has 92 valence electrons. The molecule has 0 bridgehead atoms. The van der Waals surface area contributed by atoms with Crippen molar-refractivity contribution in [2.75, 3.05) is 0 Å². The number of halogens is 1. The quantitative estimate of drug-likeness (QED) is 0.763. The van der Waals surface area contributed by atoms with Crippen molar-refractivity contribution < 1.29 is 5.11 Å². The molecule has 0 aliphatic heterocycles. The number of benzene rings is 2. The molecule has 0 amide bonds. The average molecular weight is 305 g/mol. The van der Waals surface area contributed by atoms with Crippen molar-refractivity contribution in [1.29, 1.82) is 0 Å². The summed E-state index contributed by atoms with van der Waals surface area (Å²) in [5.74, 6) is 0.117. The lowest BCUT2D eigenvalue weighted by atomic mass is 10.1. The maximum absolute atomic E-state index is 9.65. The molecule has 0 unspecified atom stereocenters. The van der Waals surface area contributed by atoms with Gasteiger partial charge >= 0.3 is 0 Å². The largest absolute Gasteiger partial charge is 0.506 e. The summed E-state index contributed by atoms with van der Waals surface area (Å²) in [5.41, 5.74) is 3.51. The third-order valence-corrected chi connectivity index (χ3v) is 3.05. The highest BCUT2D eigenvalue weighted by Gasteiger charge is 2.01. The van der Waals surface area contributed by atoms with Crippen molar-refractivity contribution in [3.63, 3.8) is 0 Å². The summed E-state index contributed by atoms with van der Waals surface area (Å²) in [4.78, 5) is 0. The maximum Gasteiger partial charge on any atom is 0.143 e. The topological polar surface area (TPSA) is 45.0 Å². The number of nitrogens with zero attached hydrogens (tertiary/aromatic N) is 2. The van der Waals surface area contributed by atoms with Crippen molar-refractivity contribution in [2.24, 2.45) is 10.2 Å². The number of hydrogen-bond donors (Lipinski definition) is 1. The molecule has 0 aliphatic carbocycles. The standard InChI is InChI=1S/C14H13BrN2O/c1-9-3-5-12(10(2)7-9)16-17-13-8-11(15)4-6-14(13)18/h3-8,18H,1-2H3. The first-order chi connectivity index (χ1) is 8.56. The van der Waals surface area contributed by atoms with Crippen LogP contribution in [0.4, 0.5) is 11.4 Å². The number of phenols is 1. The monoisotopic (exact) mass is 304 g/mol. The summed E-state index contributed by atoms with van der Waals surface area (Å²) in [6.07, 6.45) is 0. The molecule has 0 saturated heterocycles. The second kappa shape index (κ2) is 5.31. The Morgan fingerprint density at radius 1 is 0.944 bits per heavy atom. The Kier molecular flexibility index (Phi) is 3.77.